The summed E-state index contributed by atoms with van der Waals surface area (Å²) in [6.45, 7) is 11.6. The van der Waals surface area contributed by atoms with Crippen LogP contribution in [0.25, 0.3) is 0 Å². The number of aromatic carboxylic acids is 1. The fourth-order valence-electron chi connectivity index (χ4n) is 2.18. The van der Waals surface area contributed by atoms with Crippen LogP contribution >= 0.6 is 0 Å². The van der Waals surface area contributed by atoms with Crippen molar-refractivity contribution in [2.75, 3.05) is 0 Å². The number of carbonyl (C=O) groups excluding carboxylic acids is 1. The van der Waals surface area contributed by atoms with Gasteiger partial charge in [-0.3, -0.25) is 4.79 Å². The maximum atomic E-state index is 12.4. The van der Waals surface area contributed by atoms with Crippen molar-refractivity contribution in [1.82, 2.24) is 0 Å². The highest BCUT2D eigenvalue weighted by Crippen LogP contribution is 2.09. The molecule has 0 amide bonds. The highest BCUT2D eigenvalue weighted by molar-refractivity contribution is 5.89. The van der Waals surface area contributed by atoms with E-state index >= 15 is 0 Å². The van der Waals surface area contributed by atoms with Gasteiger partial charge in [-0.2, -0.15) is 0 Å². The molecule has 0 atom stereocenters. The lowest BCUT2D eigenvalue weighted by Gasteiger charge is -1.98. The van der Waals surface area contributed by atoms with Crippen LogP contribution in [0.1, 0.15) is 51.3 Å². The molecule has 0 radical (unpaired) electrons. The van der Waals surface area contributed by atoms with Gasteiger partial charge in [-0.15, -0.1) is 13.2 Å². The van der Waals surface area contributed by atoms with Gasteiger partial charge in [0, 0.05) is 16.7 Å². The van der Waals surface area contributed by atoms with Crippen molar-refractivity contribution >= 4 is 12.3 Å². The average molecular weight is 419 g/mol. The highest BCUT2D eigenvalue weighted by atomic mass is 19.1. The zero-order valence-electron chi connectivity index (χ0n) is 18.1. The molecule has 4 heteroatoms. The molecule has 0 aliphatic rings. The molecule has 3 rings (SSSR count). The molecule has 0 aliphatic heterocycles. The highest BCUT2D eigenvalue weighted by Gasteiger charge is 2.06. The molecule has 0 spiro atoms. The van der Waals surface area contributed by atoms with Gasteiger partial charge in [-0.05, 0) is 48.9 Å². The molecule has 0 fully saturated rings. The number of hydrogen-bond donors (Lipinski definition) is 1. The molecule has 0 unspecified atom stereocenters. The summed E-state index contributed by atoms with van der Waals surface area (Å²) in [5.74, 6) is 4.46. The molecule has 3 nitrogen and oxygen atoms in total. The van der Waals surface area contributed by atoms with Crippen molar-refractivity contribution in [2.45, 2.75) is 20.8 Å². The SMILES string of the molecule is C=C.CC.Cc1ccc(F)cc1C(=O)O.O=Cc1cccc(C#Cc2ccccc2)c1. The molecule has 0 aromatic heterocycles. The predicted octanol–water partition coefficient (Wildman–Crippen LogP) is 6.56. The average Bonchev–Trinajstić information content (AvgIpc) is 2.83. The first-order valence-electron chi connectivity index (χ1n) is 9.61. The second kappa shape index (κ2) is 15.9. The predicted molar refractivity (Wildman–Crippen MR) is 125 cm³/mol. The fourth-order valence-corrected chi connectivity index (χ4v) is 2.18. The van der Waals surface area contributed by atoms with Crippen molar-refractivity contribution in [3.8, 4) is 11.8 Å². The molecule has 3 aromatic carbocycles. The minimum absolute atomic E-state index is 0.0185. The van der Waals surface area contributed by atoms with Crippen molar-refractivity contribution in [3.05, 3.63) is 120 Å². The maximum absolute atomic E-state index is 12.4. The van der Waals surface area contributed by atoms with E-state index in [1.54, 1.807) is 19.1 Å². The Hall–Kier alpha value is -3.97. The first-order valence-corrected chi connectivity index (χ1v) is 9.61. The molecule has 0 heterocycles. The molecular weight excluding hydrogens is 391 g/mol. The minimum Gasteiger partial charge on any atom is -0.478 e. The Morgan fingerprint density at radius 1 is 0.903 bits per heavy atom. The lowest BCUT2D eigenvalue weighted by atomic mass is 10.1. The largest absolute Gasteiger partial charge is 0.478 e. The molecule has 1 N–H and O–H groups in total. The van der Waals surface area contributed by atoms with Gasteiger partial charge in [0.05, 0.1) is 5.56 Å². The zero-order chi connectivity index (χ0) is 23.6. The van der Waals surface area contributed by atoms with E-state index in [1.165, 1.54) is 12.1 Å². The van der Waals surface area contributed by atoms with E-state index in [1.807, 2.05) is 56.3 Å². The van der Waals surface area contributed by atoms with Gasteiger partial charge in [0.2, 0.25) is 0 Å². The van der Waals surface area contributed by atoms with E-state index in [4.69, 9.17) is 5.11 Å². The summed E-state index contributed by atoms with van der Waals surface area (Å²) in [6, 6.07) is 20.7. The number of halogens is 1. The van der Waals surface area contributed by atoms with Gasteiger partial charge in [0.25, 0.3) is 0 Å². The standard InChI is InChI=1S/C15H10O.C8H7FO2.C2H6.C2H4/c16-12-15-8-4-7-14(11-15)10-9-13-5-2-1-3-6-13;1-5-2-3-6(9)4-7(5)8(10)11;2*1-2/h1-8,11-12H;2-4H,1H3,(H,10,11);1-2H3;1-2H2. The number of rotatable bonds is 2. The third-order valence-corrected chi connectivity index (χ3v) is 3.58. The van der Waals surface area contributed by atoms with Gasteiger partial charge in [0.1, 0.15) is 12.1 Å². The summed E-state index contributed by atoms with van der Waals surface area (Å²) >= 11 is 0. The summed E-state index contributed by atoms with van der Waals surface area (Å²) in [7, 11) is 0. The van der Waals surface area contributed by atoms with Gasteiger partial charge in [-0.25, -0.2) is 9.18 Å². The summed E-state index contributed by atoms with van der Waals surface area (Å²) in [6.07, 6.45) is 0.827. The monoisotopic (exact) mass is 418 g/mol. The number of benzene rings is 3. The first-order chi connectivity index (χ1) is 15.0. The molecule has 31 heavy (non-hydrogen) atoms. The molecule has 3 aromatic rings. The lowest BCUT2D eigenvalue weighted by Crippen LogP contribution is -1.99. The maximum Gasteiger partial charge on any atom is 0.336 e. The molecular formula is C27H27FO3. The van der Waals surface area contributed by atoms with Crippen molar-refractivity contribution in [2.24, 2.45) is 0 Å². The van der Waals surface area contributed by atoms with Crippen molar-refractivity contribution < 1.29 is 19.1 Å². The van der Waals surface area contributed by atoms with Crippen LogP contribution in [0.15, 0.2) is 86.0 Å². The second-order valence-corrected chi connectivity index (χ2v) is 5.62. The Labute approximate surface area is 183 Å². The van der Waals surface area contributed by atoms with Crippen LogP contribution in [0.5, 0.6) is 0 Å². The van der Waals surface area contributed by atoms with Crippen LogP contribution in [0.2, 0.25) is 0 Å². The van der Waals surface area contributed by atoms with E-state index in [-0.39, 0.29) is 5.56 Å². The molecule has 0 bridgehead atoms. The fraction of sp³-hybridized carbons (Fsp3) is 0.111. The van der Waals surface area contributed by atoms with Crippen LogP contribution in [0, 0.1) is 24.6 Å². The van der Waals surface area contributed by atoms with Crippen LogP contribution in [-0.4, -0.2) is 17.4 Å². The van der Waals surface area contributed by atoms with E-state index in [2.05, 4.69) is 25.0 Å². The summed E-state index contributed by atoms with van der Waals surface area (Å²) in [4.78, 5) is 21.0. The van der Waals surface area contributed by atoms with Gasteiger partial charge >= 0.3 is 5.97 Å². The third-order valence-electron chi connectivity index (χ3n) is 3.58. The topological polar surface area (TPSA) is 54.4 Å². The lowest BCUT2D eigenvalue weighted by molar-refractivity contribution is 0.0695. The van der Waals surface area contributed by atoms with Gasteiger partial charge in [-0.1, -0.05) is 62.1 Å². The molecule has 0 saturated heterocycles. The Balaban J connectivity index is 0.000000526. The van der Waals surface area contributed by atoms with Gasteiger partial charge in [0.15, 0.2) is 0 Å². The number of aryl methyl sites for hydroxylation is 1. The first kappa shape index (κ1) is 27.0. The minimum atomic E-state index is -1.10. The van der Waals surface area contributed by atoms with E-state index in [0.29, 0.717) is 11.1 Å². The normalized spacial score (nSPS) is 8.39. The molecule has 0 aliphatic carbocycles. The molecule has 0 saturated carbocycles. The van der Waals surface area contributed by atoms with Crippen molar-refractivity contribution in [3.63, 3.8) is 0 Å². The smallest absolute Gasteiger partial charge is 0.336 e. The Morgan fingerprint density at radius 2 is 1.48 bits per heavy atom. The van der Waals surface area contributed by atoms with Crippen molar-refractivity contribution in [1.29, 1.82) is 0 Å². The number of hydrogen-bond acceptors (Lipinski definition) is 2. The van der Waals surface area contributed by atoms with Crippen LogP contribution in [-0.2, 0) is 0 Å². The number of aldehydes is 1. The number of carboxylic acid groups (broad SMARTS) is 1. The third kappa shape index (κ3) is 10.4. The zero-order valence-corrected chi connectivity index (χ0v) is 18.1. The van der Waals surface area contributed by atoms with Crippen LogP contribution < -0.4 is 0 Å². The van der Waals surface area contributed by atoms with E-state index in [0.717, 1.165) is 23.5 Å². The number of carbonyl (C=O) groups is 2. The Bertz CT molecular complexity index is 1020. The summed E-state index contributed by atoms with van der Waals surface area (Å²) in [5.41, 5.74) is 3.07. The Morgan fingerprint density at radius 3 is 2.03 bits per heavy atom. The quantitative estimate of drug-likeness (QED) is 0.291. The number of carboxylic acids is 1. The van der Waals surface area contributed by atoms with Gasteiger partial charge < -0.3 is 5.11 Å². The second-order valence-electron chi connectivity index (χ2n) is 5.62. The summed E-state index contributed by atoms with van der Waals surface area (Å²) in [5, 5.41) is 8.52. The Kier molecular flexibility index (Phi) is 13.9. The molecule has 160 valence electrons. The van der Waals surface area contributed by atoms with Crippen LogP contribution in [0.3, 0.4) is 0 Å². The van der Waals surface area contributed by atoms with Crippen LogP contribution in [0.4, 0.5) is 4.39 Å². The van der Waals surface area contributed by atoms with E-state index < -0.39 is 11.8 Å². The van der Waals surface area contributed by atoms with E-state index in [9.17, 15) is 14.0 Å². The summed E-state index contributed by atoms with van der Waals surface area (Å²) < 4.78 is 12.4.